The van der Waals surface area contributed by atoms with Crippen molar-refractivity contribution in [3.05, 3.63) is 41.5 Å². The van der Waals surface area contributed by atoms with Gasteiger partial charge in [-0.15, -0.1) is 0 Å². The summed E-state index contributed by atoms with van der Waals surface area (Å²) in [6.45, 7) is 6.70. The van der Waals surface area contributed by atoms with Crippen molar-refractivity contribution in [3.8, 4) is 0 Å². The van der Waals surface area contributed by atoms with E-state index in [0.29, 0.717) is 0 Å². The van der Waals surface area contributed by atoms with Crippen LogP contribution in [0.15, 0.2) is 41.5 Å². The molecule has 92 valence electrons. The summed E-state index contributed by atoms with van der Waals surface area (Å²) in [6.07, 6.45) is 9.46. The van der Waals surface area contributed by atoms with Crippen molar-refractivity contribution < 1.29 is 46.1 Å². The fourth-order valence-electron chi connectivity index (χ4n) is 2.22. The van der Waals surface area contributed by atoms with E-state index < -0.39 is 21.3 Å². The summed E-state index contributed by atoms with van der Waals surface area (Å²) < 4.78 is 7.91. The van der Waals surface area contributed by atoms with Gasteiger partial charge < -0.3 is 24.8 Å². The second kappa shape index (κ2) is 7.02. The zero-order chi connectivity index (χ0) is 11.0. The van der Waals surface area contributed by atoms with Crippen molar-refractivity contribution in [1.29, 1.82) is 0 Å². The zero-order valence-electron chi connectivity index (χ0n) is 10.6. The van der Waals surface area contributed by atoms with Crippen LogP contribution in [0.3, 0.4) is 0 Å². The van der Waals surface area contributed by atoms with Crippen LogP contribution >= 0.6 is 0 Å². The summed E-state index contributed by atoms with van der Waals surface area (Å²) in [5.41, 5.74) is 4.47. The molecule has 0 aromatic rings. The van der Waals surface area contributed by atoms with Gasteiger partial charge in [0.1, 0.15) is 0 Å². The fraction of sp³-hybridized carbons (Fsp3) is 0.357. The number of allylic oxidation sites excluding steroid dienone is 8. The van der Waals surface area contributed by atoms with Crippen molar-refractivity contribution in [2.24, 2.45) is 0 Å². The Hall–Kier alpha value is 0.293. The molecule has 2 aliphatic rings. The molecule has 0 atom stereocenters. The van der Waals surface area contributed by atoms with Crippen LogP contribution in [0, 0.1) is 0 Å². The first-order chi connectivity index (χ1) is 7.09. The Morgan fingerprint density at radius 2 is 1.71 bits per heavy atom. The fourth-order valence-corrected chi connectivity index (χ4v) is 7.47. The van der Waals surface area contributed by atoms with Crippen molar-refractivity contribution in [2.45, 2.75) is 33.6 Å². The normalized spacial score (nSPS) is 17.4. The molecule has 2 aliphatic carbocycles. The van der Waals surface area contributed by atoms with Gasteiger partial charge >= 0.3 is 101 Å². The molecule has 2 rings (SSSR count). The van der Waals surface area contributed by atoms with Crippen molar-refractivity contribution in [1.82, 2.24) is 0 Å². The van der Waals surface area contributed by atoms with Gasteiger partial charge in [0.25, 0.3) is 0 Å². The second-order valence-corrected chi connectivity index (χ2v) is 9.91. The van der Waals surface area contributed by atoms with Gasteiger partial charge in [-0.2, -0.15) is 0 Å². The Balaban J connectivity index is 0.00000128. The molecule has 0 fully saturated rings. The first-order valence-electron chi connectivity index (χ1n) is 5.53. The Morgan fingerprint density at radius 3 is 2.12 bits per heavy atom. The van der Waals surface area contributed by atoms with Crippen LogP contribution in [-0.2, 0) is 21.3 Å². The quantitative estimate of drug-likeness (QED) is 0.537. The standard InChI is InChI=1S/C7H9.C6H7.CH2.2ClH.Zr/c1-6-4-3-5-7(6)2;1-6-4-2-3-5-6;;;;/h4H,3H2,1-2H3;4-5H,2H2,1H3;1H2;2*1H;/q;;;;;+2/p-2. The first-order valence-corrected chi connectivity index (χ1v) is 9.73. The van der Waals surface area contributed by atoms with Crippen molar-refractivity contribution in [3.63, 3.8) is 0 Å². The number of rotatable bonds is 2. The molecule has 0 saturated carbocycles. The Kier molecular flexibility index (Phi) is 7.14. The van der Waals surface area contributed by atoms with Crippen LogP contribution in [0.25, 0.3) is 0 Å². The molecule has 0 amide bonds. The molecule has 0 nitrogen and oxygen atoms in total. The predicted octanol–water partition coefficient (Wildman–Crippen LogP) is -2.10. The molecular formula is C14H18Cl2Zr. The summed E-state index contributed by atoms with van der Waals surface area (Å²) in [5.74, 6) is 0. The largest absolute Gasteiger partial charge is 1.00 e. The average Bonchev–Trinajstić information content (AvgIpc) is 2.75. The maximum absolute atomic E-state index is 4.53. The third kappa shape index (κ3) is 3.63. The molecule has 0 bridgehead atoms. The van der Waals surface area contributed by atoms with E-state index in [2.05, 4.69) is 43.2 Å². The number of hydrogen-bond acceptors (Lipinski definition) is 0. The van der Waals surface area contributed by atoms with Crippen LogP contribution in [0.5, 0.6) is 0 Å². The predicted molar refractivity (Wildman–Crippen MR) is 64.7 cm³/mol. The van der Waals surface area contributed by atoms with Crippen LogP contribution in [0.2, 0.25) is 0 Å². The molecule has 0 aromatic heterocycles. The van der Waals surface area contributed by atoms with E-state index in [4.69, 9.17) is 0 Å². The van der Waals surface area contributed by atoms with Crippen LogP contribution in [0.4, 0.5) is 0 Å². The van der Waals surface area contributed by atoms with E-state index in [1.807, 2.05) is 0 Å². The summed E-state index contributed by atoms with van der Waals surface area (Å²) in [7, 11) is 0. The summed E-state index contributed by atoms with van der Waals surface area (Å²) in [5, 5.41) is 0. The number of hydrogen-bond donors (Lipinski definition) is 0. The molecular weight excluding hydrogens is 330 g/mol. The molecule has 0 N–H and O–H groups in total. The SMILES string of the molecule is [CH2]=[Zr+2]([C]1=CC(C)=CC1)[C]1=C(C)C(C)=CC1.[Cl-].[Cl-]. The van der Waals surface area contributed by atoms with Gasteiger partial charge in [-0.25, -0.2) is 0 Å². The molecule has 0 radical (unpaired) electrons. The first kappa shape index (κ1) is 17.3. The topological polar surface area (TPSA) is 0 Å². The minimum absolute atomic E-state index is 0. The minimum atomic E-state index is -1.65. The molecule has 17 heavy (non-hydrogen) atoms. The van der Waals surface area contributed by atoms with E-state index in [-0.39, 0.29) is 24.8 Å². The van der Waals surface area contributed by atoms with E-state index >= 15 is 0 Å². The summed E-state index contributed by atoms with van der Waals surface area (Å²) >= 11 is -1.65. The van der Waals surface area contributed by atoms with E-state index in [0.717, 1.165) is 0 Å². The van der Waals surface area contributed by atoms with Crippen LogP contribution in [0.1, 0.15) is 33.6 Å². The summed E-state index contributed by atoms with van der Waals surface area (Å²) in [4.78, 5) is 0. The van der Waals surface area contributed by atoms with Gasteiger partial charge in [0.05, 0.1) is 0 Å². The Morgan fingerprint density at radius 1 is 1.06 bits per heavy atom. The maximum atomic E-state index is 4.53. The third-order valence-electron chi connectivity index (χ3n) is 3.45. The van der Waals surface area contributed by atoms with Gasteiger partial charge in [-0.1, -0.05) is 0 Å². The maximum Gasteiger partial charge on any atom is -1.00 e. The van der Waals surface area contributed by atoms with E-state index in [9.17, 15) is 0 Å². The van der Waals surface area contributed by atoms with E-state index in [1.165, 1.54) is 24.0 Å². The molecule has 0 heterocycles. The molecule has 0 unspecified atom stereocenters. The van der Waals surface area contributed by atoms with E-state index in [1.54, 1.807) is 12.1 Å². The van der Waals surface area contributed by atoms with Gasteiger partial charge in [0, 0.05) is 0 Å². The Labute approximate surface area is 125 Å². The van der Waals surface area contributed by atoms with Crippen LogP contribution in [-0.4, -0.2) is 4.21 Å². The molecule has 0 spiro atoms. The van der Waals surface area contributed by atoms with Gasteiger partial charge in [-0.05, 0) is 0 Å². The Bertz CT molecular complexity index is 451. The smallest absolute Gasteiger partial charge is 1.00 e. The molecule has 3 heteroatoms. The van der Waals surface area contributed by atoms with Gasteiger partial charge in [0.2, 0.25) is 0 Å². The second-order valence-electron chi connectivity index (χ2n) is 4.50. The van der Waals surface area contributed by atoms with Crippen molar-refractivity contribution >= 4 is 4.21 Å². The number of halogens is 2. The molecule has 0 aliphatic heterocycles. The molecule has 0 saturated heterocycles. The average molecular weight is 348 g/mol. The van der Waals surface area contributed by atoms with Crippen molar-refractivity contribution in [2.75, 3.05) is 0 Å². The summed E-state index contributed by atoms with van der Waals surface area (Å²) in [6, 6.07) is 0. The van der Waals surface area contributed by atoms with Gasteiger partial charge in [-0.3, -0.25) is 0 Å². The van der Waals surface area contributed by atoms with Crippen LogP contribution < -0.4 is 24.8 Å². The zero-order valence-corrected chi connectivity index (χ0v) is 14.6. The van der Waals surface area contributed by atoms with Gasteiger partial charge in [0.15, 0.2) is 0 Å². The molecule has 0 aromatic carbocycles. The minimum Gasteiger partial charge on any atom is -1.00 e. The monoisotopic (exact) mass is 346 g/mol. The third-order valence-corrected chi connectivity index (χ3v) is 9.43.